The van der Waals surface area contributed by atoms with Crippen molar-refractivity contribution >= 4 is 11.3 Å². The summed E-state index contributed by atoms with van der Waals surface area (Å²) in [5, 5.41) is 5.90. The lowest BCUT2D eigenvalue weighted by atomic mass is 9.86. The molecule has 1 aromatic rings. The highest BCUT2D eigenvalue weighted by Gasteiger charge is 2.24. The number of thiophene rings is 1. The Balaban J connectivity index is 1.78. The molecule has 0 radical (unpaired) electrons. The molecule has 1 aliphatic rings. The van der Waals surface area contributed by atoms with E-state index in [4.69, 9.17) is 0 Å². The van der Waals surface area contributed by atoms with Gasteiger partial charge >= 0.3 is 0 Å². The molecule has 108 valence electrons. The molecule has 0 amide bonds. The van der Waals surface area contributed by atoms with Gasteiger partial charge in [0.25, 0.3) is 0 Å². The van der Waals surface area contributed by atoms with E-state index in [1.54, 1.807) is 4.88 Å². The lowest BCUT2D eigenvalue weighted by molar-refractivity contribution is 0.301. The van der Waals surface area contributed by atoms with Crippen LogP contribution in [0.4, 0.5) is 0 Å². The highest BCUT2D eigenvalue weighted by Crippen LogP contribution is 2.33. The van der Waals surface area contributed by atoms with Crippen molar-refractivity contribution in [2.75, 3.05) is 13.1 Å². The van der Waals surface area contributed by atoms with Crippen molar-refractivity contribution in [1.82, 2.24) is 5.32 Å². The van der Waals surface area contributed by atoms with Crippen molar-refractivity contribution in [2.45, 2.75) is 52.4 Å². The molecular formula is C17H29NS. The molecule has 1 fully saturated rings. The van der Waals surface area contributed by atoms with Crippen LogP contribution in [0.2, 0.25) is 0 Å². The first-order valence-electron chi connectivity index (χ1n) is 7.99. The second-order valence-corrected chi connectivity index (χ2v) is 7.51. The van der Waals surface area contributed by atoms with Crippen LogP contribution >= 0.6 is 11.3 Å². The fraction of sp³-hybridized carbons (Fsp3) is 0.765. The molecule has 2 heteroatoms. The van der Waals surface area contributed by atoms with Gasteiger partial charge in [0, 0.05) is 4.88 Å². The van der Waals surface area contributed by atoms with Crippen LogP contribution in [0.3, 0.4) is 0 Å². The highest BCUT2D eigenvalue weighted by molar-refractivity contribution is 7.09. The number of nitrogens with one attached hydrogen (secondary N) is 1. The van der Waals surface area contributed by atoms with Crippen LogP contribution in [0.25, 0.3) is 0 Å². The minimum Gasteiger partial charge on any atom is -0.316 e. The molecule has 1 nitrogen and oxygen atoms in total. The monoisotopic (exact) mass is 279 g/mol. The third kappa shape index (κ3) is 5.27. The van der Waals surface area contributed by atoms with Gasteiger partial charge in [-0.15, -0.1) is 11.3 Å². The van der Waals surface area contributed by atoms with Crippen molar-refractivity contribution < 1.29 is 0 Å². The van der Waals surface area contributed by atoms with Crippen LogP contribution in [0.15, 0.2) is 17.5 Å². The van der Waals surface area contributed by atoms with Gasteiger partial charge in [-0.1, -0.05) is 45.6 Å². The molecule has 1 aromatic heterocycles. The zero-order valence-electron chi connectivity index (χ0n) is 12.5. The van der Waals surface area contributed by atoms with Crippen LogP contribution in [0.5, 0.6) is 0 Å². The molecule has 0 aromatic carbocycles. The van der Waals surface area contributed by atoms with Crippen molar-refractivity contribution in [1.29, 1.82) is 0 Å². The zero-order chi connectivity index (χ0) is 13.5. The van der Waals surface area contributed by atoms with E-state index in [-0.39, 0.29) is 0 Å². The third-order valence-electron chi connectivity index (χ3n) is 4.37. The van der Waals surface area contributed by atoms with E-state index in [9.17, 15) is 0 Å². The van der Waals surface area contributed by atoms with E-state index in [1.165, 1.54) is 51.6 Å². The molecule has 1 aliphatic carbocycles. The van der Waals surface area contributed by atoms with Crippen LogP contribution in [0, 0.1) is 17.8 Å². The lowest BCUT2D eigenvalue weighted by Gasteiger charge is -2.24. The summed E-state index contributed by atoms with van der Waals surface area (Å²) in [6.07, 6.45) is 8.52. The lowest BCUT2D eigenvalue weighted by Crippen LogP contribution is -2.30. The predicted molar refractivity (Wildman–Crippen MR) is 85.8 cm³/mol. The van der Waals surface area contributed by atoms with Gasteiger partial charge < -0.3 is 5.32 Å². The summed E-state index contributed by atoms with van der Waals surface area (Å²) >= 11 is 1.92. The Morgan fingerprint density at radius 2 is 2.05 bits per heavy atom. The van der Waals surface area contributed by atoms with Gasteiger partial charge in [-0.25, -0.2) is 0 Å². The molecule has 1 N–H and O–H groups in total. The van der Waals surface area contributed by atoms with Gasteiger partial charge in [0.1, 0.15) is 0 Å². The van der Waals surface area contributed by atoms with Gasteiger partial charge in [-0.2, -0.15) is 0 Å². The van der Waals surface area contributed by atoms with Crippen molar-refractivity contribution in [3.05, 3.63) is 22.4 Å². The van der Waals surface area contributed by atoms with Crippen molar-refractivity contribution in [3.63, 3.8) is 0 Å². The number of hydrogen-bond donors (Lipinski definition) is 1. The zero-order valence-corrected chi connectivity index (χ0v) is 13.3. The first-order valence-corrected chi connectivity index (χ1v) is 8.86. The SMILES string of the molecule is CC(C)CNCC(CCc1cccs1)C1CCCC1. The average molecular weight is 279 g/mol. The Labute approximate surface area is 122 Å². The molecule has 0 aliphatic heterocycles. The summed E-state index contributed by atoms with van der Waals surface area (Å²) in [6, 6.07) is 4.47. The maximum absolute atomic E-state index is 3.70. The van der Waals surface area contributed by atoms with Crippen LogP contribution < -0.4 is 5.32 Å². The Bertz CT molecular complexity index is 325. The summed E-state index contributed by atoms with van der Waals surface area (Å²) in [5.74, 6) is 2.64. The Morgan fingerprint density at radius 1 is 1.26 bits per heavy atom. The van der Waals surface area contributed by atoms with E-state index in [0.29, 0.717) is 0 Å². The summed E-state index contributed by atoms with van der Waals surface area (Å²) in [5.41, 5.74) is 0. The van der Waals surface area contributed by atoms with E-state index in [0.717, 1.165) is 17.8 Å². The molecule has 1 heterocycles. The fourth-order valence-electron chi connectivity index (χ4n) is 3.27. The van der Waals surface area contributed by atoms with Gasteiger partial charge in [-0.3, -0.25) is 0 Å². The second kappa shape index (κ2) is 8.06. The maximum Gasteiger partial charge on any atom is 0.00453 e. The Kier molecular flexibility index (Phi) is 6.39. The third-order valence-corrected chi connectivity index (χ3v) is 5.30. The summed E-state index contributed by atoms with van der Waals surface area (Å²) in [4.78, 5) is 1.56. The smallest absolute Gasteiger partial charge is 0.00453 e. The molecule has 1 atom stereocenters. The summed E-state index contributed by atoms with van der Waals surface area (Å²) < 4.78 is 0. The van der Waals surface area contributed by atoms with E-state index >= 15 is 0 Å². The molecule has 1 unspecified atom stereocenters. The van der Waals surface area contributed by atoms with Gasteiger partial charge in [0.05, 0.1) is 0 Å². The minimum absolute atomic E-state index is 0.765. The van der Waals surface area contributed by atoms with Gasteiger partial charge in [-0.05, 0) is 55.1 Å². The first-order chi connectivity index (χ1) is 9.25. The van der Waals surface area contributed by atoms with Crippen LogP contribution in [-0.4, -0.2) is 13.1 Å². The molecule has 2 rings (SSSR count). The second-order valence-electron chi connectivity index (χ2n) is 6.47. The Hall–Kier alpha value is -0.340. The van der Waals surface area contributed by atoms with E-state index < -0.39 is 0 Å². The normalized spacial score (nSPS) is 18.3. The van der Waals surface area contributed by atoms with Gasteiger partial charge in [0.15, 0.2) is 0 Å². The largest absolute Gasteiger partial charge is 0.316 e. The topological polar surface area (TPSA) is 12.0 Å². The first kappa shape index (κ1) is 15.1. The number of aryl methyl sites for hydroxylation is 1. The Morgan fingerprint density at radius 3 is 2.68 bits per heavy atom. The predicted octanol–water partition coefficient (Wildman–Crippen LogP) is 4.73. The summed E-state index contributed by atoms with van der Waals surface area (Å²) in [7, 11) is 0. The number of hydrogen-bond acceptors (Lipinski definition) is 2. The fourth-order valence-corrected chi connectivity index (χ4v) is 4.00. The maximum atomic E-state index is 3.70. The van der Waals surface area contributed by atoms with E-state index in [1.807, 2.05) is 11.3 Å². The van der Waals surface area contributed by atoms with E-state index in [2.05, 4.69) is 36.7 Å². The van der Waals surface area contributed by atoms with Crippen molar-refractivity contribution in [3.8, 4) is 0 Å². The van der Waals surface area contributed by atoms with Crippen LogP contribution in [-0.2, 0) is 6.42 Å². The molecule has 0 saturated heterocycles. The molecular weight excluding hydrogens is 250 g/mol. The minimum atomic E-state index is 0.765. The highest BCUT2D eigenvalue weighted by atomic mass is 32.1. The van der Waals surface area contributed by atoms with Gasteiger partial charge in [0.2, 0.25) is 0 Å². The molecule has 0 spiro atoms. The summed E-state index contributed by atoms with van der Waals surface area (Å²) in [6.45, 7) is 6.99. The standard InChI is InChI=1S/C17H29NS/c1-14(2)12-18-13-16(15-6-3-4-7-15)9-10-17-8-5-11-19-17/h5,8,11,14-16,18H,3-4,6-7,9-10,12-13H2,1-2H3. The molecule has 0 bridgehead atoms. The molecule has 19 heavy (non-hydrogen) atoms. The van der Waals surface area contributed by atoms with Crippen molar-refractivity contribution in [2.24, 2.45) is 17.8 Å². The molecule has 1 saturated carbocycles. The van der Waals surface area contributed by atoms with Crippen LogP contribution in [0.1, 0.15) is 50.8 Å². The quantitative estimate of drug-likeness (QED) is 0.725. The number of rotatable bonds is 8. The average Bonchev–Trinajstić information content (AvgIpc) is 3.05.